The highest BCUT2D eigenvalue weighted by Gasteiger charge is 2.30. The van der Waals surface area contributed by atoms with Crippen LogP contribution >= 0.6 is 15.9 Å². The van der Waals surface area contributed by atoms with Gasteiger partial charge in [0.25, 0.3) is 0 Å². The van der Waals surface area contributed by atoms with E-state index in [9.17, 15) is 22.4 Å². The van der Waals surface area contributed by atoms with Crippen LogP contribution in [0.15, 0.2) is 53.0 Å². The lowest BCUT2D eigenvalue weighted by Gasteiger charge is -2.31. The second kappa shape index (κ2) is 11.6. The number of carbonyl (C=O) groups excluding carboxylic acids is 2. The molecule has 0 bridgehead atoms. The number of hydrogen-bond acceptors (Lipinski definition) is 4. The van der Waals surface area contributed by atoms with Gasteiger partial charge in [-0.2, -0.15) is 0 Å². The number of nitrogens with zero attached hydrogens (tertiary/aromatic N) is 2. The number of benzene rings is 2. The van der Waals surface area contributed by atoms with Gasteiger partial charge in [-0.1, -0.05) is 41.9 Å². The molecule has 0 aliphatic rings. The summed E-state index contributed by atoms with van der Waals surface area (Å²) in [5.41, 5.74) is 0.940. The lowest BCUT2D eigenvalue weighted by molar-refractivity contribution is -0.139. The third-order valence-corrected chi connectivity index (χ3v) is 6.58. The molecule has 0 aromatic heterocycles. The molecule has 180 valence electrons. The van der Waals surface area contributed by atoms with Crippen molar-refractivity contribution in [3.8, 4) is 0 Å². The second-order valence-corrected chi connectivity index (χ2v) is 11.0. The summed E-state index contributed by atoms with van der Waals surface area (Å²) in [6.45, 7) is 5.57. The average Bonchev–Trinajstić information content (AvgIpc) is 2.74. The molecule has 7 nitrogen and oxygen atoms in total. The minimum absolute atomic E-state index is 0.114. The quantitative estimate of drug-likeness (QED) is 0.498. The van der Waals surface area contributed by atoms with Crippen LogP contribution in [0.2, 0.25) is 0 Å². The van der Waals surface area contributed by atoms with Gasteiger partial charge >= 0.3 is 0 Å². The molecule has 0 spiro atoms. The fourth-order valence-electron chi connectivity index (χ4n) is 3.04. The number of carbonyl (C=O) groups is 2. The molecule has 0 saturated carbocycles. The van der Waals surface area contributed by atoms with Crippen LogP contribution < -0.4 is 9.62 Å². The van der Waals surface area contributed by atoms with E-state index in [2.05, 4.69) is 21.2 Å². The first-order valence-electron chi connectivity index (χ1n) is 10.4. The van der Waals surface area contributed by atoms with Crippen molar-refractivity contribution in [3.05, 3.63) is 64.4 Å². The maximum Gasteiger partial charge on any atom is 0.244 e. The number of nitrogens with one attached hydrogen (secondary N) is 1. The number of amides is 2. The van der Waals surface area contributed by atoms with E-state index in [0.29, 0.717) is 6.54 Å². The molecule has 0 radical (unpaired) electrons. The molecule has 1 N–H and O–H groups in total. The maximum atomic E-state index is 13.4. The number of rotatable bonds is 10. The van der Waals surface area contributed by atoms with Crippen molar-refractivity contribution < 1.29 is 22.4 Å². The standard InChI is InChI=1S/C23H29BrFN3O4S/c1-16(2)13-26-23(30)17(3)27(14-18-5-7-19(24)8-6-18)22(29)15-28(33(4,31)32)21-11-9-20(25)10-12-21/h5-12,16-17H,13-15H2,1-4H3,(H,26,30). The number of sulfonamides is 1. The van der Waals surface area contributed by atoms with Crippen LogP contribution in [0.5, 0.6) is 0 Å². The molecule has 0 aliphatic heterocycles. The highest BCUT2D eigenvalue weighted by molar-refractivity contribution is 9.10. The summed E-state index contributed by atoms with van der Waals surface area (Å²) in [6.07, 6.45) is 0.974. The Labute approximate surface area is 203 Å². The maximum absolute atomic E-state index is 13.4. The lowest BCUT2D eigenvalue weighted by atomic mass is 10.1. The SMILES string of the molecule is CC(C)CNC(=O)C(C)N(Cc1ccc(Br)cc1)C(=O)CN(c1ccc(F)cc1)S(C)(=O)=O. The molecular weight excluding hydrogens is 513 g/mol. The molecule has 2 amide bonds. The molecule has 0 heterocycles. The Morgan fingerprint density at radius 3 is 2.12 bits per heavy atom. The average molecular weight is 542 g/mol. The third-order valence-electron chi connectivity index (χ3n) is 4.91. The van der Waals surface area contributed by atoms with Gasteiger partial charge in [0.15, 0.2) is 0 Å². The Morgan fingerprint density at radius 1 is 1.03 bits per heavy atom. The van der Waals surface area contributed by atoms with Crippen LogP contribution in [0, 0.1) is 11.7 Å². The molecule has 2 rings (SSSR count). The summed E-state index contributed by atoms with van der Waals surface area (Å²) >= 11 is 3.37. The highest BCUT2D eigenvalue weighted by atomic mass is 79.9. The first kappa shape index (κ1) is 26.8. The highest BCUT2D eigenvalue weighted by Crippen LogP contribution is 2.20. The second-order valence-electron chi connectivity index (χ2n) is 8.21. The van der Waals surface area contributed by atoms with Crippen LogP contribution in [-0.2, 0) is 26.2 Å². The Hall–Kier alpha value is -2.46. The first-order valence-corrected chi connectivity index (χ1v) is 13.1. The zero-order chi connectivity index (χ0) is 24.8. The molecule has 33 heavy (non-hydrogen) atoms. The van der Waals surface area contributed by atoms with Gasteiger partial charge in [-0.15, -0.1) is 0 Å². The van der Waals surface area contributed by atoms with E-state index >= 15 is 0 Å². The van der Waals surface area contributed by atoms with E-state index in [0.717, 1.165) is 32.7 Å². The topological polar surface area (TPSA) is 86.8 Å². The molecule has 1 atom stereocenters. The van der Waals surface area contributed by atoms with Gasteiger partial charge in [-0.25, -0.2) is 12.8 Å². The van der Waals surface area contributed by atoms with Crippen molar-refractivity contribution in [1.29, 1.82) is 0 Å². The molecule has 0 fully saturated rings. The minimum Gasteiger partial charge on any atom is -0.354 e. The number of hydrogen-bond donors (Lipinski definition) is 1. The van der Waals surface area contributed by atoms with Crippen molar-refractivity contribution in [2.75, 3.05) is 23.7 Å². The summed E-state index contributed by atoms with van der Waals surface area (Å²) in [6, 6.07) is 11.3. The van der Waals surface area contributed by atoms with Crippen molar-refractivity contribution in [2.45, 2.75) is 33.4 Å². The van der Waals surface area contributed by atoms with Crippen LogP contribution in [0.1, 0.15) is 26.3 Å². The van der Waals surface area contributed by atoms with Gasteiger partial charge < -0.3 is 10.2 Å². The molecular formula is C23H29BrFN3O4S. The smallest absolute Gasteiger partial charge is 0.244 e. The molecule has 2 aromatic rings. The van der Waals surface area contributed by atoms with E-state index in [1.807, 2.05) is 38.1 Å². The largest absolute Gasteiger partial charge is 0.354 e. The zero-order valence-electron chi connectivity index (χ0n) is 19.1. The minimum atomic E-state index is -3.85. The van der Waals surface area contributed by atoms with Crippen LogP contribution in [-0.4, -0.2) is 50.5 Å². The summed E-state index contributed by atoms with van der Waals surface area (Å²) in [5.74, 6) is -1.18. The van der Waals surface area contributed by atoms with Gasteiger partial charge in [-0.05, 0) is 54.8 Å². The Kier molecular flexibility index (Phi) is 9.42. The Balaban J connectivity index is 2.34. The van der Waals surface area contributed by atoms with Crippen molar-refractivity contribution in [1.82, 2.24) is 10.2 Å². The van der Waals surface area contributed by atoms with E-state index in [1.54, 1.807) is 6.92 Å². The number of halogens is 2. The van der Waals surface area contributed by atoms with Crippen LogP contribution in [0.4, 0.5) is 10.1 Å². The van der Waals surface area contributed by atoms with Crippen molar-refractivity contribution >= 4 is 43.5 Å². The molecule has 0 saturated heterocycles. The lowest BCUT2D eigenvalue weighted by Crippen LogP contribution is -2.51. The van der Waals surface area contributed by atoms with E-state index in [4.69, 9.17) is 0 Å². The number of anilines is 1. The summed E-state index contributed by atoms with van der Waals surface area (Å²) in [7, 11) is -3.85. The van der Waals surface area contributed by atoms with Gasteiger partial charge in [0.05, 0.1) is 11.9 Å². The molecule has 0 aliphatic carbocycles. The fraction of sp³-hybridized carbons (Fsp3) is 0.391. The van der Waals surface area contributed by atoms with Gasteiger partial charge in [0.1, 0.15) is 18.4 Å². The summed E-state index contributed by atoms with van der Waals surface area (Å²) in [5, 5.41) is 2.82. The van der Waals surface area contributed by atoms with E-state index in [-0.39, 0.29) is 24.1 Å². The Bertz CT molecular complexity index is 1060. The van der Waals surface area contributed by atoms with Gasteiger partial charge in [-0.3, -0.25) is 13.9 Å². The summed E-state index contributed by atoms with van der Waals surface area (Å²) < 4.78 is 40.0. The molecule has 1 unspecified atom stereocenters. The van der Waals surface area contributed by atoms with Crippen LogP contribution in [0.3, 0.4) is 0 Å². The van der Waals surface area contributed by atoms with Gasteiger partial charge in [0.2, 0.25) is 21.8 Å². The zero-order valence-corrected chi connectivity index (χ0v) is 21.5. The van der Waals surface area contributed by atoms with E-state index < -0.39 is 34.3 Å². The normalized spacial score (nSPS) is 12.3. The first-order chi connectivity index (χ1) is 15.4. The van der Waals surface area contributed by atoms with Crippen molar-refractivity contribution in [2.24, 2.45) is 5.92 Å². The third kappa shape index (κ3) is 8.12. The summed E-state index contributed by atoms with van der Waals surface area (Å²) in [4.78, 5) is 27.4. The Morgan fingerprint density at radius 2 is 1.61 bits per heavy atom. The van der Waals surface area contributed by atoms with Crippen LogP contribution in [0.25, 0.3) is 0 Å². The van der Waals surface area contributed by atoms with E-state index in [1.165, 1.54) is 17.0 Å². The fourth-order valence-corrected chi connectivity index (χ4v) is 4.16. The monoisotopic (exact) mass is 541 g/mol. The predicted molar refractivity (Wildman–Crippen MR) is 131 cm³/mol. The molecule has 2 aromatic carbocycles. The van der Waals surface area contributed by atoms with Crippen molar-refractivity contribution in [3.63, 3.8) is 0 Å². The predicted octanol–water partition coefficient (Wildman–Crippen LogP) is 3.54. The van der Waals surface area contributed by atoms with Gasteiger partial charge in [0, 0.05) is 17.6 Å². The molecule has 10 heteroatoms.